The average Bonchev–Trinajstić information content (AvgIpc) is 2.41. The second-order valence-corrected chi connectivity index (χ2v) is 5.22. The van der Waals surface area contributed by atoms with Crippen LogP contribution in [-0.4, -0.2) is 0 Å². The molecule has 2 heteroatoms. The van der Waals surface area contributed by atoms with Crippen LogP contribution in [-0.2, 0) is 6.42 Å². The Morgan fingerprint density at radius 2 is 1.53 bits per heavy atom. The third-order valence-corrected chi connectivity index (χ3v) is 3.43. The quantitative estimate of drug-likeness (QED) is 0.873. The van der Waals surface area contributed by atoms with E-state index in [2.05, 4.69) is 26.0 Å². The molecule has 0 radical (unpaired) electrons. The van der Waals surface area contributed by atoms with Gasteiger partial charge in [0.1, 0.15) is 5.82 Å². The third kappa shape index (κ3) is 3.42. The summed E-state index contributed by atoms with van der Waals surface area (Å²) in [5, 5.41) is 0. The van der Waals surface area contributed by atoms with Gasteiger partial charge in [-0.25, -0.2) is 4.39 Å². The highest BCUT2D eigenvalue weighted by Gasteiger charge is 2.10. The lowest BCUT2D eigenvalue weighted by Gasteiger charge is -2.14. The fourth-order valence-corrected chi connectivity index (χ4v) is 2.15. The second kappa shape index (κ2) is 5.98. The molecule has 0 aliphatic heterocycles. The SMILES string of the molecule is CC(C)c1ccc(C(N)Cc2ccccc2F)cc1. The van der Waals surface area contributed by atoms with E-state index in [-0.39, 0.29) is 11.9 Å². The van der Waals surface area contributed by atoms with Crippen molar-refractivity contribution in [1.29, 1.82) is 0 Å². The standard InChI is InChI=1S/C17H20FN/c1-12(2)13-7-9-14(10-8-13)17(19)11-15-5-3-4-6-16(15)18/h3-10,12,17H,11,19H2,1-2H3. The predicted octanol–water partition coefficient (Wildman–Crippen LogP) is 4.19. The minimum Gasteiger partial charge on any atom is -0.324 e. The van der Waals surface area contributed by atoms with E-state index in [4.69, 9.17) is 5.73 Å². The van der Waals surface area contributed by atoms with Crippen LogP contribution in [0, 0.1) is 5.82 Å². The molecule has 0 bridgehead atoms. The molecule has 1 atom stereocenters. The van der Waals surface area contributed by atoms with Crippen molar-refractivity contribution in [2.45, 2.75) is 32.2 Å². The van der Waals surface area contributed by atoms with Gasteiger partial charge in [0, 0.05) is 6.04 Å². The Morgan fingerprint density at radius 3 is 2.11 bits per heavy atom. The summed E-state index contributed by atoms with van der Waals surface area (Å²) in [7, 11) is 0. The van der Waals surface area contributed by atoms with E-state index >= 15 is 0 Å². The summed E-state index contributed by atoms with van der Waals surface area (Å²) in [4.78, 5) is 0. The van der Waals surface area contributed by atoms with Crippen LogP contribution in [0.2, 0.25) is 0 Å². The Balaban J connectivity index is 2.12. The van der Waals surface area contributed by atoms with Gasteiger partial charge in [0.2, 0.25) is 0 Å². The molecular formula is C17H20FN. The minimum atomic E-state index is -0.184. The Hall–Kier alpha value is -1.67. The van der Waals surface area contributed by atoms with Gasteiger partial charge in [0.25, 0.3) is 0 Å². The van der Waals surface area contributed by atoms with E-state index in [9.17, 15) is 4.39 Å². The molecule has 0 amide bonds. The van der Waals surface area contributed by atoms with Gasteiger partial charge in [-0.2, -0.15) is 0 Å². The smallest absolute Gasteiger partial charge is 0.126 e. The maximum Gasteiger partial charge on any atom is 0.126 e. The van der Waals surface area contributed by atoms with Crippen LogP contribution in [0.5, 0.6) is 0 Å². The summed E-state index contributed by atoms with van der Waals surface area (Å²) in [6, 6.07) is 14.9. The topological polar surface area (TPSA) is 26.0 Å². The molecule has 2 aromatic rings. The normalized spacial score (nSPS) is 12.7. The minimum absolute atomic E-state index is 0.168. The largest absolute Gasteiger partial charge is 0.324 e. The first-order valence-electron chi connectivity index (χ1n) is 6.66. The Bertz CT molecular complexity index is 531. The van der Waals surface area contributed by atoms with Gasteiger partial charge in [-0.3, -0.25) is 0 Å². The molecule has 0 aromatic heterocycles. The number of benzene rings is 2. The van der Waals surface area contributed by atoms with Gasteiger partial charge in [0.05, 0.1) is 0 Å². The molecule has 2 rings (SSSR count). The fourth-order valence-electron chi connectivity index (χ4n) is 2.15. The summed E-state index contributed by atoms with van der Waals surface area (Å²) in [6.45, 7) is 4.32. The van der Waals surface area contributed by atoms with E-state index < -0.39 is 0 Å². The van der Waals surface area contributed by atoms with Crippen molar-refractivity contribution >= 4 is 0 Å². The van der Waals surface area contributed by atoms with Crippen molar-refractivity contribution in [2.24, 2.45) is 5.73 Å². The first-order chi connectivity index (χ1) is 9.08. The maximum absolute atomic E-state index is 13.6. The van der Waals surface area contributed by atoms with E-state index in [0.29, 0.717) is 17.9 Å². The highest BCUT2D eigenvalue weighted by molar-refractivity contribution is 5.28. The lowest BCUT2D eigenvalue weighted by atomic mass is 9.96. The summed E-state index contributed by atoms with van der Waals surface area (Å²) in [5.41, 5.74) is 9.17. The Morgan fingerprint density at radius 1 is 0.947 bits per heavy atom. The van der Waals surface area contributed by atoms with Gasteiger partial charge in [-0.1, -0.05) is 56.3 Å². The van der Waals surface area contributed by atoms with E-state index in [1.54, 1.807) is 12.1 Å². The van der Waals surface area contributed by atoms with Gasteiger partial charge in [-0.15, -0.1) is 0 Å². The van der Waals surface area contributed by atoms with Crippen molar-refractivity contribution in [3.8, 4) is 0 Å². The highest BCUT2D eigenvalue weighted by atomic mass is 19.1. The lowest BCUT2D eigenvalue weighted by Crippen LogP contribution is -2.14. The van der Waals surface area contributed by atoms with Crippen LogP contribution in [0.25, 0.3) is 0 Å². The van der Waals surface area contributed by atoms with Crippen molar-refractivity contribution in [1.82, 2.24) is 0 Å². The van der Waals surface area contributed by atoms with Crippen LogP contribution in [0.4, 0.5) is 4.39 Å². The van der Waals surface area contributed by atoms with Crippen LogP contribution in [0.1, 0.15) is 42.5 Å². The molecule has 1 nitrogen and oxygen atoms in total. The summed E-state index contributed by atoms with van der Waals surface area (Å²) >= 11 is 0. The third-order valence-electron chi connectivity index (χ3n) is 3.43. The molecule has 0 heterocycles. The first-order valence-corrected chi connectivity index (χ1v) is 6.66. The van der Waals surface area contributed by atoms with Crippen LogP contribution in [0.15, 0.2) is 48.5 Å². The first kappa shape index (κ1) is 13.8. The molecule has 2 N–H and O–H groups in total. The molecule has 19 heavy (non-hydrogen) atoms. The fraction of sp³-hybridized carbons (Fsp3) is 0.294. The number of hydrogen-bond acceptors (Lipinski definition) is 1. The Kier molecular flexibility index (Phi) is 4.33. The van der Waals surface area contributed by atoms with Gasteiger partial charge < -0.3 is 5.73 Å². The second-order valence-electron chi connectivity index (χ2n) is 5.22. The molecule has 1 unspecified atom stereocenters. The zero-order chi connectivity index (χ0) is 13.8. The summed E-state index contributed by atoms with van der Waals surface area (Å²) < 4.78 is 13.6. The van der Waals surface area contributed by atoms with E-state index in [1.807, 2.05) is 18.2 Å². The zero-order valence-electron chi connectivity index (χ0n) is 11.4. The molecule has 0 saturated heterocycles. The molecule has 2 aromatic carbocycles. The molecule has 0 aliphatic rings. The van der Waals surface area contributed by atoms with Crippen molar-refractivity contribution in [3.63, 3.8) is 0 Å². The Labute approximate surface area is 114 Å². The number of nitrogens with two attached hydrogens (primary N) is 1. The molecule has 0 fully saturated rings. The van der Waals surface area contributed by atoms with E-state index in [1.165, 1.54) is 11.6 Å². The predicted molar refractivity (Wildman–Crippen MR) is 77.6 cm³/mol. The molecular weight excluding hydrogens is 237 g/mol. The highest BCUT2D eigenvalue weighted by Crippen LogP contribution is 2.21. The summed E-state index contributed by atoms with van der Waals surface area (Å²) in [5.74, 6) is 0.327. The molecule has 0 spiro atoms. The average molecular weight is 257 g/mol. The zero-order valence-corrected chi connectivity index (χ0v) is 11.4. The van der Waals surface area contributed by atoms with Crippen LogP contribution in [0.3, 0.4) is 0 Å². The van der Waals surface area contributed by atoms with Crippen molar-refractivity contribution in [2.75, 3.05) is 0 Å². The van der Waals surface area contributed by atoms with Crippen LogP contribution < -0.4 is 5.73 Å². The van der Waals surface area contributed by atoms with E-state index in [0.717, 1.165) is 5.56 Å². The number of hydrogen-bond donors (Lipinski definition) is 1. The van der Waals surface area contributed by atoms with Gasteiger partial charge in [0.15, 0.2) is 0 Å². The lowest BCUT2D eigenvalue weighted by molar-refractivity contribution is 0.593. The van der Waals surface area contributed by atoms with Gasteiger partial charge in [-0.05, 0) is 35.1 Å². The summed E-state index contributed by atoms with van der Waals surface area (Å²) in [6.07, 6.45) is 0.522. The van der Waals surface area contributed by atoms with Crippen LogP contribution >= 0.6 is 0 Å². The van der Waals surface area contributed by atoms with Crippen molar-refractivity contribution in [3.05, 3.63) is 71.0 Å². The molecule has 100 valence electrons. The number of rotatable bonds is 4. The molecule has 0 saturated carbocycles. The maximum atomic E-state index is 13.6. The number of halogens is 1. The molecule has 0 aliphatic carbocycles. The monoisotopic (exact) mass is 257 g/mol. The van der Waals surface area contributed by atoms with Gasteiger partial charge >= 0.3 is 0 Å². The van der Waals surface area contributed by atoms with Crippen molar-refractivity contribution < 1.29 is 4.39 Å².